The molecule has 0 aromatic heterocycles. The van der Waals surface area contributed by atoms with Crippen molar-refractivity contribution in [3.8, 4) is 5.75 Å². The summed E-state index contributed by atoms with van der Waals surface area (Å²) in [6.07, 6.45) is -3.59. The monoisotopic (exact) mass is 230 g/mol. The van der Waals surface area contributed by atoms with Gasteiger partial charge < -0.3 is 4.74 Å². The lowest BCUT2D eigenvalue weighted by atomic mass is 10.1. The summed E-state index contributed by atoms with van der Waals surface area (Å²) in [4.78, 5) is 0. The highest BCUT2D eigenvalue weighted by Crippen LogP contribution is 2.33. The minimum atomic E-state index is -4.40. The predicted molar refractivity (Wildman–Crippen MR) is 57.3 cm³/mol. The van der Waals surface area contributed by atoms with Crippen molar-refractivity contribution in [2.24, 2.45) is 0 Å². The lowest BCUT2D eigenvalue weighted by molar-refractivity contribution is -0.0686. The Morgan fingerprint density at radius 3 is 2.62 bits per heavy atom. The molecular weight excluding hydrogens is 217 g/mol. The fraction of sp³-hybridized carbons (Fsp3) is 0.333. The Hall–Kier alpha value is -1.45. The molecule has 0 aliphatic carbocycles. The summed E-state index contributed by atoms with van der Waals surface area (Å²) >= 11 is 0. The normalized spacial score (nSPS) is 11.2. The minimum absolute atomic E-state index is 0.0427. The van der Waals surface area contributed by atoms with Crippen LogP contribution >= 0.6 is 0 Å². The largest absolute Gasteiger partial charge is 0.494 e. The Labute approximate surface area is 92.5 Å². The van der Waals surface area contributed by atoms with Gasteiger partial charge in [-0.05, 0) is 24.1 Å². The van der Waals surface area contributed by atoms with Crippen LogP contribution in [-0.2, 0) is 0 Å². The van der Waals surface area contributed by atoms with Crippen molar-refractivity contribution in [2.45, 2.75) is 19.5 Å². The maximum atomic E-state index is 12.4. The molecule has 0 amide bonds. The van der Waals surface area contributed by atoms with Crippen LogP contribution in [0.3, 0.4) is 0 Å². The van der Waals surface area contributed by atoms with E-state index in [1.165, 1.54) is 18.2 Å². The molecule has 0 atom stereocenters. The Morgan fingerprint density at radius 2 is 2.06 bits per heavy atom. The van der Waals surface area contributed by atoms with E-state index in [2.05, 4.69) is 6.58 Å². The van der Waals surface area contributed by atoms with Crippen molar-refractivity contribution >= 4 is 5.57 Å². The average molecular weight is 230 g/mol. The summed E-state index contributed by atoms with van der Waals surface area (Å²) in [5.74, 6) is 0.435. The molecule has 0 heterocycles. The van der Waals surface area contributed by atoms with Crippen molar-refractivity contribution in [3.63, 3.8) is 0 Å². The molecule has 0 radical (unpaired) electrons. The van der Waals surface area contributed by atoms with Gasteiger partial charge >= 0.3 is 6.18 Å². The summed E-state index contributed by atoms with van der Waals surface area (Å²) in [7, 11) is 0. The summed E-state index contributed by atoms with van der Waals surface area (Å²) in [6, 6.07) is 5.88. The number of benzene rings is 1. The molecule has 0 spiro atoms. The molecule has 0 N–H and O–H groups in total. The van der Waals surface area contributed by atoms with E-state index in [4.69, 9.17) is 4.74 Å². The molecule has 0 aliphatic heterocycles. The second-order valence-electron chi connectivity index (χ2n) is 3.35. The number of alkyl halides is 3. The first-order valence-corrected chi connectivity index (χ1v) is 4.94. The molecular formula is C12H13F3O. The van der Waals surface area contributed by atoms with E-state index in [0.717, 1.165) is 6.42 Å². The van der Waals surface area contributed by atoms with E-state index in [1.54, 1.807) is 6.07 Å². The summed E-state index contributed by atoms with van der Waals surface area (Å²) in [6.45, 7) is 5.45. The third-order valence-corrected chi connectivity index (χ3v) is 2.00. The van der Waals surface area contributed by atoms with Gasteiger partial charge in [-0.1, -0.05) is 25.6 Å². The van der Waals surface area contributed by atoms with E-state index in [-0.39, 0.29) is 5.56 Å². The zero-order valence-electron chi connectivity index (χ0n) is 8.97. The zero-order valence-corrected chi connectivity index (χ0v) is 8.97. The minimum Gasteiger partial charge on any atom is -0.494 e. The smallest absolute Gasteiger partial charge is 0.416 e. The van der Waals surface area contributed by atoms with Gasteiger partial charge in [0.1, 0.15) is 5.75 Å². The lowest BCUT2D eigenvalue weighted by Gasteiger charge is -2.11. The van der Waals surface area contributed by atoms with Crippen LogP contribution in [0.4, 0.5) is 13.2 Å². The van der Waals surface area contributed by atoms with Crippen molar-refractivity contribution in [2.75, 3.05) is 6.61 Å². The van der Waals surface area contributed by atoms with Crippen molar-refractivity contribution < 1.29 is 17.9 Å². The maximum absolute atomic E-state index is 12.4. The predicted octanol–water partition coefficient (Wildman–Crippen LogP) is 4.05. The summed E-state index contributed by atoms with van der Waals surface area (Å²) < 4.78 is 42.4. The quantitative estimate of drug-likeness (QED) is 0.758. The first-order chi connectivity index (χ1) is 7.45. The summed E-state index contributed by atoms with van der Waals surface area (Å²) in [5, 5.41) is 0. The number of hydrogen-bond acceptors (Lipinski definition) is 1. The standard InChI is InChI=1S/C12H13F3O/c1-3-7-16-11-6-4-5-10(8-11)9(2)12(13,14)15/h4-6,8H,2-3,7H2,1H3. The van der Waals surface area contributed by atoms with Gasteiger partial charge in [0.15, 0.2) is 0 Å². The van der Waals surface area contributed by atoms with E-state index in [1.807, 2.05) is 6.92 Å². The first-order valence-electron chi connectivity index (χ1n) is 4.94. The Bertz CT molecular complexity index is 369. The lowest BCUT2D eigenvalue weighted by Crippen LogP contribution is -2.09. The molecule has 0 bridgehead atoms. The SMILES string of the molecule is C=C(c1cccc(OCCC)c1)C(F)(F)F. The number of ether oxygens (including phenoxy) is 1. The van der Waals surface area contributed by atoms with Crippen LogP contribution < -0.4 is 4.74 Å². The molecule has 0 unspecified atom stereocenters. The number of hydrogen-bond donors (Lipinski definition) is 0. The van der Waals surface area contributed by atoms with Gasteiger partial charge in [0.25, 0.3) is 0 Å². The van der Waals surface area contributed by atoms with Crippen molar-refractivity contribution in [3.05, 3.63) is 36.4 Å². The molecule has 4 heteroatoms. The average Bonchev–Trinajstić information content (AvgIpc) is 2.24. The molecule has 0 saturated carbocycles. The third-order valence-electron chi connectivity index (χ3n) is 2.00. The number of rotatable bonds is 4. The van der Waals surface area contributed by atoms with Crippen LogP contribution in [0, 0.1) is 0 Å². The van der Waals surface area contributed by atoms with Crippen molar-refractivity contribution in [1.29, 1.82) is 0 Å². The summed E-state index contributed by atoms with van der Waals surface area (Å²) in [5.41, 5.74) is -0.810. The second kappa shape index (κ2) is 5.05. The highest BCUT2D eigenvalue weighted by molar-refractivity contribution is 5.68. The van der Waals surface area contributed by atoms with Crippen LogP contribution in [0.25, 0.3) is 5.57 Å². The number of halogens is 3. The van der Waals surface area contributed by atoms with Gasteiger partial charge in [-0.25, -0.2) is 0 Å². The van der Waals surface area contributed by atoms with Crippen LogP contribution in [0.15, 0.2) is 30.8 Å². The molecule has 88 valence electrons. The second-order valence-corrected chi connectivity index (χ2v) is 3.35. The Kier molecular flexibility index (Phi) is 3.99. The molecule has 1 aromatic carbocycles. The molecule has 0 saturated heterocycles. The molecule has 1 rings (SSSR count). The maximum Gasteiger partial charge on any atom is 0.416 e. The van der Waals surface area contributed by atoms with Crippen LogP contribution in [0.1, 0.15) is 18.9 Å². The molecule has 0 aliphatic rings. The highest BCUT2D eigenvalue weighted by Gasteiger charge is 2.32. The fourth-order valence-electron chi connectivity index (χ4n) is 1.16. The van der Waals surface area contributed by atoms with E-state index in [9.17, 15) is 13.2 Å². The van der Waals surface area contributed by atoms with Gasteiger partial charge in [-0.3, -0.25) is 0 Å². The zero-order chi connectivity index (χ0) is 12.2. The fourth-order valence-corrected chi connectivity index (χ4v) is 1.16. The van der Waals surface area contributed by atoms with Gasteiger partial charge in [0, 0.05) is 0 Å². The van der Waals surface area contributed by atoms with Gasteiger partial charge in [0.2, 0.25) is 0 Å². The Morgan fingerprint density at radius 1 is 1.38 bits per heavy atom. The van der Waals surface area contributed by atoms with E-state index in [0.29, 0.717) is 12.4 Å². The molecule has 1 aromatic rings. The number of allylic oxidation sites excluding steroid dienone is 1. The highest BCUT2D eigenvalue weighted by atomic mass is 19.4. The van der Waals surface area contributed by atoms with Crippen molar-refractivity contribution in [1.82, 2.24) is 0 Å². The molecule has 16 heavy (non-hydrogen) atoms. The van der Waals surface area contributed by atoms with Crippen LogP contribution in [0.5, 0.6) is 5.75 Å². The van der Waals surface area contributed by atoms with Gasteiger partial charge in [-0.15, -0.1) is 0 Å². The van der Waals surface area contributed by atoms with Gasteiger partial charge in [0.05, 0.1) is 12.2 Å². The van der Waals surface area contributed by atoms with Crippen LogP contribution in [0.2, 0.25) is 0 Å². The Balaban J connectivity index is 2.86. The first kappa shape index (κ1) is 12.6. The molecule has 1 nitrogen and oxygen atoms in total. The van der Waals surface area contributed by atoms with Gasteiger partial charge in [-0.2, -0.15) is 13.2 Å². The van der Waals surface area contributed by atoms with E-state index >= 15 is 0 Å². The third kappa shape index (κ3) is 3.29. The topological polar surface area (TPSA) is 9.23 Å². The molecule has 0 fully saturated rings. The van der Waals surface area contributed by atoms with Crippen LogP contribution in [-0.4, -0.2) is 12.8 Å². The van der Waals surface area contributed by atoms with E-state index < -0.39 is 11.7 Å².